The van der Waals surface area contributed by atoms with E-state index in [1.54, 1.807) is 0 Å². The molecule has 1 amide bonds. The molecular formula is C12H15Br2NO2S. The van der Waals surface area contributed by atoms with Crippen LogP contribution in [-0.4, -0.2) is 35.1 Å². The highest BCUT2D eigenvalue weighted by Crippen LogP contribution is 2.33. The number of aliphatic hydroxyl groups is 1. The van der Waals surface area contributed by atoms with Crippen LogP contribution in [0, 0.1) is 0 Å². The molecule has 0 saturated carbocycles. The zero-order chi connectivity index (χ0) is 13.1. The van der Waals surface area contributed by atoms with Gasteiger partial charge < -0.3 is 10.0 Å². The summed E-state index contributed by atoms with van der Waals surface area (Å²) in [6.45, 7) is 0.790. The molecule has 0 bridgehead atoms. The lowest BCUT2D eigenvalue weighted by molar-refractivity contribution is 0.0599. The van der Waals surface area contributed by atoms with Gasteiger partial charge in [-0.05, 0) is 50.8 Å². The summed E-state index contributed by atoms with van der Waals surface area (Å²) in [7, 11) is 0. The third-order valence-electron chi connectivity index (χ3n) is 3.24. The van der Waals surface area contributed by atoms with Crippen LogP contribution in [0.15, 0.2) is 13.6 Å². The van der Waals surface area contributed by atoms with E-state index < -0.39 is 0 Å². The minimum atomic E-state index is -0.0365. The molecule has 1 unspecified atom stereocenters. The molecule has 0 aromatic carbocycles. The summed E-state index contributed by atoms with van der Waals surface area (Å²) in [5, 5.41) is 9.44. The van der Waals surface area contributed by atoms with Gasteiger partial charge in [0.1, 0.15) is 0 Å². The second kappa shape index (κ2) is 6.50. The molecule has 1 aliphatic rings. The smallest absolute Gasteiger partial charge is 0.256 e. The third-order valence-corrected chi connectivity index (χ3v) is 5.58. The highest BCUT2D eigenvalue weighted by molar-refractivity contribution is 9.12. The number of carbonyl (C=O) groups is 1. The van der Waals surface area contributed by atoms with Crippen LogP contribution in [0.1, 0.15) is 36.0 Å². The average Bonchev–Trinajstić information content (AvgIpc) is 2.56. The van der Waals surface area contributed by atoms with Crippen molar-refractivity contribution in [2.45, 2.75) is 31.7 Å². The van der Waals surface area contributed by atoms with Gasteiger partial charge in [-0.3, -0.25) is 4.79 Å². The molecule has 0 spiro atoms. The topological polar surface area (TPSA) is 40.5 Å². The number of aliphatic hydroxyl groups excluding tert-OH is 1. The van der Waals surface area contributed by atoms with Gasteiger partial charge in [-0.1, -0.05) is 12.8 Å². The fourth-order valence-corrected chi connectivity index (χ4v) is 5.05. The van der Waals surface area contributed by atoms with Crippen molar-refractivity contribution >= 4 is 49.1 Å². The van der Waals surface area contributed by atoms with Gasteiger partial charge in [0.2, 0.25) is 0 Å². The zero-order valence-corrected chi connectivity index (χ0v) is 13.9. The van der Waals surface area contributed by atoms with Gasteiger partial charge in [0.25, 0.3) is 5.91 Å². The molecule has 6 heteroatoms. The van der Waals surface area contributed by atoms with Crippen LogP contribution in [0.25, 0.3) is 0 Å². The standard InChI is InChI=1S/C12H15Br2NO2S/c13-10-6-9(11(14)18-10)12(17)15-5-3-1-2-4-8(15)7-16/h6,8,16H,1-5,7H2. The lowest BCUT2D eigenvalue weighted by Crippen LogP contribution is -2.42. The first kappa shape index (κ1) is 14.5. The minimum absolute atomic E-state index is 0.0183. The van der Waals surface area contributed by atoms with Crippen LogP contribution >= 0.6 is 43.2 Å². The number of nitrogens with zero attached hydrogens (tertiary/aromatic N) is 1. The molecule has 1 atom stereocenters. The van der Waals surface area contributed by atoms with Crippen molar-refractivity contribution in [2.24, 2.45) is 0 Å². The molecule has 100 valence electrons. The molecule has 0 aliphatic carbocycles. The maximum absolute atomic E-state index is 12.5. The molecule has 2 heterocycles. The Morgan fingerprint density at radius 2 is 2.22 bits per heavy atom. The Morgan fingerprint density at radius 1 is 1.44 bits per heavy atom. The van der Waals surface area contributed by atoms with Crippen molar-refractivity contribution in [3.63, 3.8) is 0 Å². The molecule has 18 heavy (non-hydrogen) atoms. The monoisotopic (exact) mass is 395 g/mol. The molecule has 1 aliphatic heterocycles. The summed E-state index contributed by atoms with van der Waals surface area (Å²) in [6, 6.07) is 1.81. The minimum Gasteiger partial charge on any atom is -0.394 e. The summed E-state index contributed by atoms with van der Waals surface area (Å²) >= 11 is 8.31. The molecule has 3 nitrogen and oxygen atoms in total. The number of likely N-dealkylation sites (tertiary alicyclic amines) is 1. The Balaban J connectivity index is 2.22. The van der Waals surface area contributed by atoms with Gasteiger partial charge in [0.15, 0.2) is 0 Å². The highest BCUT2D eigenvalue weighted by Gasteiger charge is 2.27. The lowest BCUT2D eigenvalue weighted by atomic mass is 10.1. The summed E-state index contributed by atoms with van der Waals surface area (Å²) in [5.74, 6) is 0.0183. The van der Waals surface area contributed by atoms with Crippen molar-refractivity contribution in [2.75, 3.05) is 13.2 Å². The van der Waals surface area contributed by atoms with E-state index in [4.69, 9.17) is 0 Å². The molecule has 1 aromatic rings. The Bertz CT molecular complexity index is 436. The quantitative estimate of drug-likeness (QED) is 0.828. The summed E-state index contributed by atoms with van der Waals surface area (Å²) in [6.07, 6.45) is 4.13. The molecule has 2 rings (SSSR count). The van der Waals surface area contributed by atoms with Crippen molar-refractivity contribution < 1.29 is 9.90 Å². The first-order valence-corrected chi connectivity index (χ1v) is 8.40. The van der Waals surface area contributed by atoms with Gasteiger partial charge in [-0.15, -0.1) is 11.3 Å². The van der Waals surface area contributed by atoms with Gasteiger partial charge >= 0.3 is 0 Å². The fraction of sp³-hybridized carbons (Fsp3) is 0.583. The molecule has 1 aromatic heterocycles. The zero-order valence-electron chi connectivity index (χ0n) is 9.86. The Hall–Kier alpha value is 0.0900. The summed E-state index contributed by atoms with van der Waals surface area (Å²) in [5.41, 5.74) is 0.687. The normalized spacial score (nSPS) is 20.8. The van der Waals surface area contributed by atoms with E-state index in [0.29, 0.717) is 5.56 Å². The van der Waals surface area contributed by atoms with Gasteiger partial charge in [0.05, 0.1) is 25.8 Å². The maximum atomic E-state index is 12.5. The summed E-state index contributed by atoms with van der Waals surface area (Å²) in [4.78, 5) is 14.4. The number of hydrogen-bond donors (Lipinski definition) is 1. The molecule has 1 saturated heterocycles. The predicted octanol–water partition coefficient (Wildman–Crippen LogP) is 3.65. The second-order valence-corrected chi connectivity index (χ2v) is 8.17. The van der Waals surface area contributed by atoms with Crippen LogP contribution in [0.2, 0.25) is 0 Å². The lowest BCUT2D eigenvalue weighted by Gasteiger charge is -2.28. The Morgan fingerprint density at radius 3 is 2.83 bits per heavy atom. The van der Waals surface area contributed by atoms with E-state index in [0.717, 1.165) is 39.8 Å². The van der Waals surface area contributed by atoms with E-state index in [9.17, 15) is 9.90 Å². The van der Waals surface area contributed by atoms with Crippen molar-refractivity contribution in [3.05, 3.63) is 19.2 Å². The van der Waals surface area contributed by atoms with E-state index >= 15 is 0 Å². The van der Waals surface area contributed by atoms with Crippen LogP contribution in [0.5, 0.6) is 0 Å². The summed E-state index contributed by atoms with van der Waals surface area (Å²) < 4.78 is 1.79. The number of amides is 1. The molecule has 1 fully saturated rings. The second-order valence-electron chi connectivity index (χ2n) is 4.42. The number of carbonyl (C=O) groups excluding carboxylic acids is 1. The largest absolute Gasteiger partial charge is 0.394 e. The van der Waals surface area contributed by atoms with Gasteiger partial charge in [0, 0.05) is 6.54 Å². The maximum Gasteiger partial charge on any atom is 0.256 e. The van der Waals surface area contributed by atoms with E-state index in [2.05, 4.69) is 31.9 Å². The van der Waals surface area contributed by atoms with E-state index in [1.165, 1.54) is 11.3 Å². The molecular weight excluding hydrogens is 382 g/mol. The molecule has 0 radical (unpaired) electrons. The highest BCUT2D eigenvalue weighted by atomic mass is 79.9. The average molecular weight is 397 g/mol. The van der Waals surface area contributed by atoms with Gasteiger partial charge in [-0.25, -0.2) is 0 Å². The van der Waals surface area contributed by atoms with Crippen molar-refractivity contribution in [1.29, 1.82) is 0 Å². The molecule has 1 N–H and O–H groups in total. The van der Waals surface area contributed by atoms with Crippen LogP contribution in [-0.2, 0) is 0 Å². The third kappa shape index (κ3) is 3.15. The van der Waals surface area contributed by atoms with Crippen LogP contribution < -0.4 is 0 Å². The Labute approximate surface area is 127 Å². The van der Waals surface area contributed by atoms with Crippen molar-refractivity contribution in [1.82, 2.24) is 4.90 Å². The fourth-order valence-electron chi connectivity index (χ4n) is 2.28. The van der Waals surface area contributed by atoms with Gasteiger partial charge in [-0.2, -0.15) is 0 Å². The predicted molar refractivity (Wildman–Crippen MR) is 80.1 cm³/mol. The SMILES string of the molecule is O=C(c1cc(Br)sc1Br)N1CCCCCC1CO. The first-order chi connectivity index (χ1) is 8.63. The van der Waals surface area contributed by atoms with Crippen molar-refractivity contribution in [3.8, 4) is 0 Å². The number of rotatable bonds is 2. The number of halogens is 2. The Kier molecular flexibility index (Phi) is 5.24. The first-order valence-electron chi connectivity index (χ1n) is 6.00. The van der Waals surface area contributed by atoms with Crippen LogP contribution in [0.4, 0.5) is 0 Å². The van der Waals surface area contributed by atoms with E-state index in [1.807, 2.05) is 11.0 Å². The van der Waals surface area contributed by atoms with E-state index in [-0.39, 0.29) is 18.6 Å². The number of thiophene rings is 1. The van der Waals surface area contributed by atoms with Crippen LogP contribution in [0.3, 0.4) is 0 Å². The number of hydrogen-bond acceptors (Lipinski definition) is 3.